The normalized spacial score (nSPS) is 15.4. The first-order chi connectivity index (χ1) is 12.5. The molecule has 0 atom stereocenters. The molecule has 1 fully saturated rings. The molecule has 27 heavy (non-hydrogen) atoms. The maximum absolute atomic E-state index is 11.9. The van der Waals surface area contributed by atoms with Crippen LogP contribution in [0.25, 0.3) is 0 Å². The Labute approximate surface area is 181 Å². The quantitative estimate of drug-likeness (QED) is 0.380. The first-order valence-electron chi connectivity index (χ1n) is 9.45. The highest BCUT2D eigenvalue weighted by molar-refractivity contribution is 14.0. The highest BCUT2D eigenvalue weighted by atomic mass is 127. The third-order valence-corrected chi connectivity index (χ3v) is 4.45. The molecular formula is C20H34IN5O. The molecule has 1 saturated heterocycles. The summed E-state index contributed by atoms with van der Waals surface area (Å²) in [7, 11) is 3.53. The van der Waals surface area contributed by atoms with Crippen LogP contribution in [0, 0.1) is 5.92 Å². The van der Waals surface area contributed by atoms with Gasteiger partial charge in [-0.05, 0) is 11.5 Å². The molecule has 0 aromatic heterocycles. The summed E-state index contributed by atoms with van der Waals surface area (Å²) in [5.74, 6) is 1.41. The van der Waals surface area contributed by atoms with Crippen LogP contribution >= 0.6 is 24.0 Å². The van der Waals surface area contributed by atoms with Gasteiger partial charge in [0.1, 0.15) is 6.54 Å². The maximum atomic E-state index is 11.9. The molecular weight excluding hydrogens is 453 g/mol. The summed E-state index contributed by atoms with van der Waals surface area (Å²) in [6.07, 6.45) is 0. The molecule has 2 rings (SSSR count). The van der Waals surface area contributed by atoms with E-state index in [2.05, 4.69) is 64.3 Å². The number of hydrogen-bond donors (Lipinski definition) is 1. The van der Waals surface area contributed by atoms with Gasteiger partial charge in [0.25, 0.3) is 0 Å². The lowest BCUT2D eigenvalue weighted by Gasteiger charge is -2.36. The second-order valence-corrected chi connectivity index (χ2v) is 7.45. The molecule has 6 nitrogen and oxygen atoms in total. The van der Waals surface area contributed by atoms with E-state index in [0.717, 1.165) is 45.2 Å². The number of hydrogen-bond acceptors (Lipinski definition) is 3. The largest absolute Gasteiger partial charge is 0.356 e. The Balaban J connectivity index is 0.00000364. The number of benzene rings is 1. The van der Waals surface area contributed by atoms with Crippen molar-refractivity contribution in [3.8, 4) is 0 Å². The van der Waals surface area contributed by atoms with Gasteiger partial charge in [-0.2, -0.15) is 0 Å². The molecule has 1 N–H and O–H groups in total. The number of nitrogens with zero attached hydrogens (tertiary/aromatic N) is 4. The van der Waals surface area contributed by atoms with Crippen LogP contribution in [0.2, 0.25) is 0 Å². The number of amides is 1. The van der Waals surface area contributed by atoms with Crippen LogP contribution in [0.4, 0.5) is 0 Å². The summed E-state index contributed by atoms with van der Waals surface area (Å²) in [6, 6.07) is 10.6. The van der Waals surface area contributed by atoms with E-state index in [0.29, 0.717) is 5.92 Å². The molecule has 7 heteroatoms. The zero-order valence-corrected chi connectivity index (χ0v) is 19.3. The molecule has 0 spiro atoms. The summed E-state index contributed by atoms with van der Waals surface area (Å²) in [5.41, 5.74) is 1.35. The zero-order valence-electron chi connectivity index (χ0n) is 17.0. The predicted octanol–water partition coefficient (Wildman–Crippen LogP) is 2.11. The van der Waals surface area contributed by atoms with Crippen LogP contribution in [0.3, 0.4) is 0 Å². The third kappa shape index (κ3) is 8.47. The second kappa shape index (κ2) is 12.2. The van der Waals surface area contributed by atoms with Crippen molar-refractivity contribution in [3.63, 3.8) is 0 Å². The summed E-state index contributed by atoms with van der Waals surface area (Å²) < 4.78 is 0. The number of aliphatic imine (C=N–C) groups is 1. The average molecular weight is 487 g/mol. The van der Waals surface area contributed by atoms with Crippen molar-refractivity contribution in [3.05, 3.63) is 35.9 Å². The number of guanidine groups is 1. The van der Waals surface area contributed by atoms with Crippen LogP contribution in [-0.2, 0) is 11.3 Å². The lowest BCUT2D eigenvalue weighted by molar-refractivity contribution is -0.127. The molecule has 0 unspecified atom stereocenters. The van der Waals surface area contributed by atoms with Crippen molar-refractivity contribution in [2.24, 2.45) is 10.9 Å². The van der Waals surface area contributed by atoms with Gasteiger partial charge in [-0.3, -0.25) is 9.69 Å². The van der Waals surface area contributed by atoms with E-state index in [9.17, 15) is 4.79 Å². The second-order valence-electron chi connectivity index (χ2n) is 7.45. The predicted molar refractivity (Wildman–Crippen MR) is 123 cm³/mol. The summed E-state index contributed by atoms with van der Waals surface area (Å²) in [4.78, 5) is 22.8. The van der Waals surface area contributed by atoms with E-state index in [1.54, 1.807) is 19.0 Å². The van der Waals surface area contributed by atoms with Gasteiger partial charge in [0.05, 0.1) is 0 Å². The van der Waals surface area contributed by atoms with Crippen LogP contribution in [0.5, 0.6) is 0 Å². The van der Waals surface area contributed by atoms with Crippen molar-refractivity contribution in [2.75, 3.05) is 53.4 Å². The van der Waals surface area contributed by atoms with Crippen LogP contribution in [0.1, 0.15) is 19.4 Å². The van der Waals surface area contributed by atoms with Crippen molar-refractivity contribution in [2.45, 2.75) is 20.4 Å². The van der Waals surface area contributed by atoms with E-state index < -0.39 is 0 Å². The highest BCUT2D eigenvalue weighted by Gasteiger charge is 2.20. The number of carbonyl (C=O) groups excluding carboxylic acids is 1. The summed E-state index contributed by atoms with van der Waals surface area (Å²) in [6.45, 7) is 10.2. The van der Waals surface area contributed by atoms with Gasteiger partial charge in [-0.15, -0.1) is 24.0 Å². The van der Waals surface area contributed by atoms with E-state index in [1.807, 2.05) is 0 Å². The van der Waals surface area contributed by atoms with E-state index in [-0.39, 0.29) is 36.4 Å². The Morgan fingerprint density at radius 2 is 1.78 bits per heavy atom. The molecule has 1 aromatic rings. The van der Waals surface area contributed by atoms with Gasteiger partial charge in [0.15, 0.2) is 5.96 Å². The van der Waals surface area contributed by atoms with Gasteiger partial charge < -0.3 is 15.1 Å². The highest BCUT2D eigenvalue weighted by Crippen LogP contribution is 2.09. The molecule has 152 valence electrons. The van der Waals surface area contributed by atoms with Crippen molar-refractivity contribution in [1.29, 1.82) is 0 Å². The van der Waals surface area contributed by atoms with Gasteiger partial charge in [0, 0.05) is 53.4 Å². The Kier molecular flexibility index (Phi) is 10.7. The first-order valence-corrected chi connectivity index (χ1v) is 9.45. The smallest absolute Gasteiger partial charge is 0.243 e. The number of halogens is 1. The molecule has 1 heterocycles. The molecule has 0 aliphatic carbocycles. The monoisotopic (exact) mass is 487 g/mol. The van der Waals surface area contributed by atoms with E-state index >= 15 is 0 Å². The molecule has 1 amide bonds. The average Bonchev–Trinajstić information content (AvgIpc) is 2.63. The fraction of sp³-hybridized carbons (Fsp3) is 0.600. The Bertz CT molecular complexity index is 583. The SMILES string of the molecule is CC(C)CNC(=NCC(=O)N(C)C)N1CCN(Cc2ccccc2)CC1.I. The van der Waals surface area contributed by atoms with Crippen molar-refractivity contribution in [1.82, 2.24) is 20.0 Å². The van der Waals surface area contributed by atoms with Gasteiger partial charge in [0.2, 0.25) is 5.91 Å². The van der Waals surface area contributed by atoms with Gasteiger partial charge >= 0.3 is 0 Å². The molecule has 1 aliphatic rings. The number of rotatable bonds is 6. The van der Waals surface area contributed by atoms with Gasteiger partial charge in [-0.1, -0.05) is 44.2 Å². The fourth-order valence-electron chi connectivity index (χ4n) is 2.81. The topological polar surface area (TPSA) is 51.2 Å². The van der Waals surface area contributed by atoms with E-state index in [1.165, 1.54) is 5.56 Å². The summed E-state index contributed by atoms with van der Waals surface area (Å²) >= 11 is 0. The minimum atomic E-state index is 0. The minimum absolute atomic E-state index is 0. The zero-order chi connectivity index (χ0) is 18.9. The summed E-state index contributed by atoms with van der Waals surface area (Å²) in [5, 5.41) is 3.43. The van der Waals surface area contributed by atoms with Crippen molar-refractivity contribution >= 4 is 35.8 Å². The minimum Gasteiger partial charge on any atom is -0.356 e. The first kappa shape index (κ1) is 23.7. The number of likely N-dealkylation sites (N-methyl/N-ethyl adjacent to an activating group) is 1. The van der Waals surface area contributed by atoms with Crippen LogP contribution in [0.15, 0.2) is 35.3 Å². The maximum Gasteiger partial charge on any atom is 0.243 e. The standard InChI is InChI=1S/C20H33N5O.HI/c1-17(2)14-21-20(22-15-19(26)23(3)4)25-12-10-24(11-13-25)16-18-8-6-5-7-9-18;/h5-9,17H,10-16H2,1-4H3,(H,21,22);1H. The Hall–Kier alpha value is -1.35. The Morgan fingerprint density at radius 1 is 1.15 bits per heavy atom. The lowest BCUT2D eigenvalue weighted by atomic mass is 10.2. The molecule has 0 radical (unpaired) electrons. The van der Waals surface area contributed by atoms with E-state index in [4.69, 9.17) is 0 Å². The molecule has 0 bridgehead atoms. The lowest BCUT2D eigenvalue weighted by Crippen LogP contribution is -2.52. The third-order valence-electron chi connectivity index (χ3n) is 4.45. The van der Waals surface area contributed by atoms with Crippen LogP contribution < -0.4 is 5.32 Å². The van der Waals surface area contributed by atoms with Crippen molar-refractivity contribution < 1.29 is 4.79 Å². The fourth-order valence-corrected chi connectivity index (χ4v) is 2.81. The number of carbonyl (C=O) groups is 1. The molecule has 1 aromatic carbocycles. The molecule has 0 saturated carbocycles. The number of nitrogens with one attached hydrogen (secondary N) is 1. The van der Waals surface area contributed by atoms with Crippen LogP contribution in [-0.4, -0.2) is 79.9 Å². The Morgan fingerprint density at radius 3 is 2.33 bits per heavy atom. The number of piperazine rings is 1. The molecule has 1 aliphatic heterocycles. The van der Waals surface area contributed by atoms with Gasteiger partial charge in [-0.25, -0.2) is 4.99 Å².